The van der Waals surface area contributed by atoms with Gasteiger partial charge in [0.2, 0.25) is 0 Å². The van der Waals surface area contributed by atoms with Gasteiger partial charge in [0.15, 0.2) is 0 Å². The second kappa shape index (κ2) is 6.92. The van der Waals surface area contributed by atoms with Crippen LogP contribution < -0.4 is 5.32 Å². The molecule has 7 heteroatoms. The molecule has 2 heterocycles. The number of carboxylic acids is 1. The highest BCUT2D eigenvalue weighted by molar-refractivity contribution is 7.99. The minimum atomic E-state index is -1.16. The monoisotopic (exact) mass is 359 g/mol. The maximum atomic E-state index is 12.6. The Morgan fingerprint density at radius 3 is 2.76 bits per heavy atom. The number of aryl methyl sites for hydroxylation is 2. The average Bonchev–Trinajstić information content (AvgIpc) is 3.15. The van der Waals surface area contributed by atoms with Crippen molar-refractivity contribution in [3.8, 4) is 0 Å². The van der Waals surface area contributed by atoms with Gasteiger partial charge in [-0.1, -0.05) is 12.1 Å². The van der Waals surface area contributed by atoms with Gasteiger partial charge in [-0.15, -0.1) is 0 Å². The summed E-state index contributed by atoms with van der Waals surface area (Å²) in [5.74, 6) is -0.172. The van der Waals surface area contributed by atoms with E-state index in [1.807, 2.05) is 36.7 Å². The molecule has 3 rings (SSSR count). The molecule has 25 heavy (non-hydrogen) atoms. The molecular formula is C18H21N3O3S. The third-order valence-electron chi connectivity index (χ3n) is 4.41. The van der Waals surface area contributed by atoms with Gasteiger partial charge in [0.1, 0.15) is 5.54 Å². The second-order valence-electron chi connectivity index (χ2n) is 6.43. The standard InChI is InChI=1S/C18H21N3O3S/c1-12-8-13(2)21(20-12)10-14-4-3-5-15(9-14)16(22)19-18(17(23)24)6-7-25-11-18/h3-5,8-9H,6-7,10-11H2,1-2H3,(H,19,22)(H,23,24). The fraction of sp³-hybridized carbons (Fsp3) is 0.389. The Morgan fingerprint density at radius 2 is 2.16 bits per heavy atom. The Kier molecular flexibility index (Phi) is 4.85. The Balaban J connectivity index is 1.77. The van der Waals surface area contributed by atoms with Gasteiger partial charge in [-0.2, -0.15) is 16.9 Å². The van der Waals surface area contributed by atoms with Gasteiger partial charge in [0, 0.05) is 17.0 Å². The molecule has 2 N–H and O–H groups in total. The largest absolute Gasteiger partial charge is 0.479 e. The first-order valence-electron chi connectivity index (χ1n) is 8.13. The smallest absolute Gasteiger partial charge is 0.330 e. The maximum Gasteiger partial charge on any atom is 0.330 e. The highest BCUT2D eigenvalue weighted by Crippen LogP contribution is 2.28. The Labute approximate surface area is 150 Å². The van der Waals surface area contributed by atoms with E-state index in [1.54, 1.807) is 23.9 Å². The van der Waals surface area contributed by atoms with E-state index in [4.69, 9.17) is 0 Å². The minimum Gasteiger partial charge on any atom is -0.479 e. The number of aromatic nitrogens is 2. The number of carboxylic acid groups (broad SMARTS) is 1. The Morgan fingerprint density at radius 1 is 1.36 bits per heavy atom. The van der Waals surface area contributed by atoms with Crippen molar-refractivity contribution in [1.29, 1.82) is 0 Å². The predicted molar refractivity (Wildman–Crippen MR) is 97.0 cm³/mol. The normalized spacial score (nSPS) is 19.8. The van der Waals surface area contributed by atoms with Crippen LogP contribution in [0.3, 0.4) is 0 Å². The second-order valence-corrected chi connectivity index (χ2v) is 7.53. The number of carbonyl (C=O) groups excluding carboxylic acids is 1. The lowest BCUT2D eigenvalue weighted by Crippen LogP contribution is -2.54. The fourth-order valence-corrected chi connectivity index (χ4v) is 4.32. The third kappa shape index (κ3) is 3.71. The summed E-state index contributed by atoms with van der Waals surface area (Å²) in [6, 6.07) is 9.25. The van der Waals surface area contributed by atoms with E-state index in [0.717, 1.165) is 22.7 Å². The number of rotatable bonds is 5. The highest BCUT2D eigenvalue weighted by Gasteiger charge is 2.43. The van der Waals surface area contributed by atoms with Gasteiger partial charge in [-0.05, 0) is 49.8 Å². The van der Waals surface area contributed by atoms with Crippen molar-refractivity contribution in [1.82, 2.24) is 15.1 Å². The molecule has 1 atom stereocenters. The van der Waals surface area contributed by atoms with Crippen molar-refractivity contribution >= 4 is 23.6 Å². The van der Waals surface area contributed by atoms with E-state index in [9.17, 15) is 14.7 Å². The molecule has 1 aliphatic rings. The van der Waals surface area contributed by atoms with Gasteiger partial charge in [0.05, 0.1) is 12.2 Å². The van der Waals surface area contributed by atoms with E-state index in [1.165, 1.54) is 0 Å². The first-order chi connectivity index (χ1) is 11.9. The Bertz CT molecular complexity index is 810. The number of benzene rings is 1. The average molecular weight is 359 g/mol. The molecule has 1 unspecified atom stereocenters. The van der Waals surface area contributed by atoms with Gasteiger partial charge in [-0.3, -0.25) is 9.48 Å². The lowest BCUT2D eigenvalue weighted by atomic mass is 9.98. The number of amides is 1. The van der Waals surface area contributed by atoms with E-state index >= 15 is 0 Å². The van der Waals surface area contributed by atoms with Crippen LogP contribution in [0.2, 0.25) is 0 Å². The van der Waals surface area contributed by atoms with Crippen LogP contribution in [-0.4, -0.2) is 43.8 Å². The number of carbonyl (C=O) groups is 2. The lowest BCUT2D eigenvalue weighted by molar-refractivity contribution is -0.143. The van der Waals surface area contributed by atoms with Crippen LogP contribution in [0.1, 0.15) is 33.7 Å². The summed E-state index contributed by atoms with van der Waals surface area (Å²) in [4.78, 5) is 24.2. The molecule has 1 saturated heterocycles. The molecule has 1 aliphatic heterocycles. The van der Waals surface area contributed by atoms with Crippen molar-refractivity contribution in [3.63, 3.8) is 0 Å². The molecule has 0 bridgehead atoms. The molecule has 2 aromatic rings. The molecule has 0 saturated carbocycles. The summed E-state index contributed by atoms with van der Waals surface area (Å²) >= 11 is 1.55. The maximum absolute atomic E-state index is 12.6. The van der Waals surface area contributed by atoms with Crippen molar-refractivity contribution in [2.75, 3.05) is 11.5 Å². The minimum absolute atomic E-state index is 0.347. The van der Waals surface area contributed by atoms with E-state index < -0.39 is 11.5 Å². The zero-order valence-corrected chi connectivity index (χ0v) is 15.1. The van der Waals surface area contributed by atoms with Crippen molar-refractivity contribution in [3.05, 3.63) is 52.8 Å². The van der Waals surface area contributed by atoms with E-state index in [0.29, 0.717) is 24.3 Å². The van der Waals surface area contributed by atoms with Crippen molar-refractivity contribution in [2.45, 2.75) is 32.4 Å². The zero-order valence-electron chi connectivity index (χ0n) is 14.3. The first-order valence-corrected chi connectivity index (χ1v) is 9.29. The summed E-state index contributed by atoms with van der Waals surface area (Å²) in [7, 11) is 0. The molecule has 132 valence electrons. The van der Waals surface area contributed by atoms with Gasteiger partial charge >= 0.3 is 5.97 Å². The summed E-state index contributed by atoms with van der Waals surface area (Å²) in [5, 5.41) is 16.7. The number of nitrogens with zero attached hydrogens (tertiary/aromatic N) is 2. The molecular weight excluding hydrogens is 338 g/mol. The van der Waals surface area contributed by atoms with Crippen LogP contribution >= 0.6 is 11.8 Å². The Hall–Kier alpha value is -2.28. The summed E-state index contributed by atoms with van der Waals surface area (Å²) in [6.07, 6.45) is 0.449. The zero-order chi connectivity index (χ0) is 18.0. The number of hydrogen-bond donors (Lipinski definition) is 2. The molecule has 0 aliphatic carbocycles. The molecule has 1 amide bonds. The molecule has 1 fully saturated rings. The summed E-state index contributed by atoms with van der Waals surface area (Å²) in [5.41, 5.74) is 2.27. The van der Waals surface area contributed by atoms with Crippen LogP contribution in [0, 0.1) is 13.8 Å². The molecule has 1 aromatic carbocycles. The summed E-state index contributed by atoms with van der Waals surface area (Å²) in [6.45, 7) is 4.50. The first kappa shape index (κ1) is 17.5. The topological polar surface area (TPSA) is 84.2 Å². The number of hydrogen-bond acceptors (Lipinski definition) is 4. The van der Waals surface area contributed by atoms with E-state index in [2.05, 4.69) is 10.4 Å². The number of nitrogens with one attached hydrogen (secondary N) is 1. The fourth-order valence-electron chi connectivity index (χ4n) is 2.99. The van der Waals surface area contributed by atoms with Crippen LogP contribution in [0.15, 0.2) is 30.3 Å². The van der Waals surface area contributed by atoms with Crippen LogP contribution in [0.25, 0.3) is 0 Å². The van der Waals surface area contributed by atoms with E-state index in [-0.39, 0.29) is 5.91 Å². The van der Waals surface area contributed by atoms with Crippen molar-refractivity contribution in [2.24, 2.45) is 0 Å². The number of thioether (sulfide) groups is 1. The number of aliphatic carboxylic acids is 1. The third-order valence-corrected chi connectivity index (χ3v) is 5.60. The molecule has 6 nitrogen and oxygen atoms in total. The lowest BCUT2D eigenvalue weighted by Gasteiger charge is -2.24. The highest BCUT2D eigenvalue weighted by atomic mass is 32.2. The van der Waals surface area contributed by atoms with Gasteiger partial charge in [0.25, 0.3) is 5.91 Å². The quantitative estimate of drug-likeness (QED) is 0.855. The van der Waals surface area contributed by atoms with Gasteiger partial charge < -0.3 is 10.4 Å². The van der Waals surface area contributed by atoms with Crippen molar-refractivity contribution < 1.29 is 14.7 Å². The SMILES string of the molecule is Cc1cc(C)n(Cc2cccc(C(=O)NC3(C(=O)O)CCSC3)c2)n1. The predicted octanol–water partition coefficient (Wildman–Crippen LogP) is 2.24. The summed E-state index contributed by atoms with van der Waals surface area (Å²) < 4.78 is 1.89. The molecule has 1 aromatic heterocycles. The molecule has 0 spiro atoms. The van der Waals surface area contributed by atoms with Crippen LogP contribution in [-0.2, 0) is 11.3 Å². The van der Waals surface area contributed by atoms with Crippen LogP contribution in [0.5, 0.6) is 0 Å². The molecule has 0 radical (unpaired) electrons. The van der Waals surface area contributed by atoms with Gasteiger partial charge in [-0.25, -0.2) is 4.79 Å². The van der Waals surface area contributed by atoms with Crippen LogP contribution in [0.4, 0.5) is 0 Å².